The normalized spacial score (nSPS) is 14.9. The van der Waals surface area contributed by atoms with Crippen molar-refractivity contribution in [3.63, 3.8) is 0 Å². The van der Waals surface area contributed by atoms with Crippen LogP contribution in [-0.4, -0.2) is 45.7 Å². The predicted octanol–water partition coefficient (Wildman–Crippen LogP) is 2.20. The lowest BCUT2D eigenvalue weighted by molar-refractivity contribution is -0.914. The number of hydrogen-bond acceptors (Lipinski definition) is 4. The lowest BCUT2D eigenvalue weighted by atomic mass is 10.1. The molecule has 144 valence electrons. The van der Waals surface area contributed by atoms with Crippen molar-refractivity contribution in [2.24, 2.45) is 0 Å². The maximum atomic E-state index is 11.7. The smallest absolute Gasteiger partial charge is 0.159 e. The highest BCUT2D eigenvalue weighted by Crippen LogP contribution is 2.28. The molecule has 0 aliphatic carbocycles. The van der Waals surface area contributed by atoms with E-state index in [1.54, 1.807) is 14.0 Å². The molecule has 1 aliphatic rings. The van der Waals surface area contributed by atoms with Gasteiger partial charge in [0.05, 0.1) is 45.6 Å². The maximum absolute atomic E-state index is 11.7. The molecule has 0 atom stereocenters. The van der Waals surface area contributed by atoms with Crippen LogP contribution in [0.2, 0.25) is 0 Å². The first-order valence-corrected chi connectivity index (χ1v) is 9.60. The van der Waals surface area contributed by atoms with Gasteiger partial charge in [-0.1, -0.05) is 12.1 Å². The number of Topliss-reactive ketones (excluding diaryl/α,β-unsaturated/α-hetero) is 1. The minimum absolute atomic E-state index is 0.0891. The van der Waals surface area contributed by atoms with Crippen LogP contribution in [0, 0.1) is 0 Å². The molecule has 0 radical (unpaired) electrons. The van der Waals surface area contributed by atoms with Crippen LogP contribution in [0.15, 0.2) is 42.5 Å². The van der Waals surface area contributed by atoms with Gasteiger partial charge in [-0.2, -0.15) is 0 Å². The molecule has 1 saturated heterocycles. The van der Waals surface area contributed by atoms with Crippen molar-refractivity contribution in [1.82, 2.24) is 0 Å². The Morgan fingerprint density at radius 2 is 1.85 bits per heavy atom. The molecule has 27 heavy (non-hydrogen) atoms. The molecule has 1 heterocycles. The number of methoxy groups -OCH3 is 1. The topological polar surface area (TPSA) is 43.2 Å². The molecule has 1 aliphatic heterocycles. The number of quaternary nitrogens is 1. The summed E-state index contributed by atoms with van der Waals surface area (Å²) in [5, 5.41) is 0. The number of ether oxygens (including phenoxy) is 2. The Bertz CT molecular complexity index is 783. The van der Waals surface area contributed by atoms with Crippen molar-refractivity contribution in [3.05, 3.63) is 53.6 Å². The first-order chi connectivity index (χ1) is 13.1. The van der Waals surface area contributed by atoms with Crippen LogP contribution in [0.25, 0.3) is 0 Å². The van der Waals surface area contributed by atoms with Crippen molar-refractivity contribution >= 4 is 11.5 Å². The minimum Gasteiger partial charge on any atom is -0.496 e. The Labute approximate surface area is 161 Å². The Morgan fingerprint density at radius 3 is 2.52 bits per heavy atom. The Morgan fingerprint density at radius 1 is 1.11 bits per heavy atom. The van der Waals surface area contributed by atoms with E-state index < -0.39 is 0 Å². The molecule has 2 aromatic rings. The molecule has 3 rings (SSSR count). The largest absolute Gasteiger partial charge is 0.496 e. The van der Waals surface area contributed by atoms with Gasteiger partial charge in [-0.3, -0.25) is 4.79 Å². The number of nitrogens with one attached hydrogen (secondary N) is 1. The molecule has 0 saturated carbocycles. The number of para-hydroxylation sites is 2. The van der Waals surface area contributed by atoms with Gasteiger partial charge in [0, 0.05) is 11.1 Å². The van der Waals surface area contributed by atoms with Gasteiger partial charge in [-0.25, -0.2) is 0 Å². The zero-order valence-electron chi connectivity index (χ0n) is 16.5. The fourth-order valence-corrected chi connectivity index (χ4v) is 3.64. The zero-order chi connectivity index (χ0) is 19.2. The lowest BCUT2D eigenvalue weighted by Crippen LogP contribution is -3.13. The highest BCUT2D eigenvalue weighted by atomic mass is 16.5. The number of piperazine rings is 1. The second-order valence-electron chi connectivity index (χ2n) is 6.90. The van der Waals surface area contributed by atoms with Crippen LogP contribution < -0.4 is 19.3 Å². The van der Waals surface area contributed by atoms with Crippen molar-refractivity contribution in [3.8, 4) is 11.5 Å². The number of nitrogens with zero attached hydrogens (tertiary/aromatic N) is 1. The minimum atomic E-state index is 0.0891. The van der Waals surface area contributed by atoms with Gasteiger partial charge < -0.3 is 19.3 Å². The second kappa shape index (κ2) is 8.91. The number of anilines is 1. The Kier molecular flexibility index (Phi) is 6.35. The fraction of sp³-hybridized carbons (Fsp3) is 0.409. The Balaban J connectivity index is 1.67. The van der Waals surface area contributed by atoms with E-state index >= 15 is 0 Å². The first-order valence-electron chi connectivity index (χ1n) is 9.60. The summed E-state index contributed by atoms with van der Waals surface area (Å²) >= 11 is 0. The van der Waals surface area contributed by atoms with Gasteiger partial charge >= 0.3 is 0 Å². The highest BCUT2D eigenvalue weighted by Gasteiger charge is 2.23. The molecule has 0 unspecified atom stereocenters. The molecule has 0 aromatic heterocycles. The van der Waals surface area contributed by atoms with Crippen LogP contribution in [0.3, 0.4) is 0 Å². The molecule has 5 heteroatoms. The molecular formula is C22H29N2O3+. The van der Waals surface area contributed by atoms with Gasteiger partial charge in [0.25, 0.3) is 0 Å². The van der Waals surface area contributed by atoms with Crippen molar-refractivity contribution < 1.29 is 19.2 Å². The number of hydrogen-bond donors (Lipinski definition) is 1. The van der Waals surface area contributed by atoms with Crippen LogP contribution in [-0.2, 0) is 6.54 Å². The predicted molar refractivity (Wildman–Crippen MR) is 107 cm³/mol. The van der Waals surface area contributed by atoms with Crippen molar-refractivity contribution in [2.75, 3.05) is 44.8 Å². The summed E-state index contributed by atoms with van der Waals surface area (Å²) in [4.78, 5) is 15.6. The standard InChI is InChI=1S/C22H28N2O3/c1-4-27-22-8-6-5-7-20(22)24-13-11-23(12-14-24)16-19-15-18(17(2)25)9-10-21(19)26-3/h5-10,15H,4,11-14,16H2,1-3H3/p+1. The molecule has 0 amide bonds. The highest BCUT2D eigenvalue weighted by molar-refractivity contribution is 5.94. The SMILES string of the molecule is CCOc1ccccc1N1CC[NH+](Cc2cc(C(C)=O)ccc2OC)CC1. The zero-order valence-corrected chi connectivity index (χ0v) is 16.5. The summed E-state index contributed by atoms with van der Waals surface area (Å²) in [6, 6.07) is 14.0. The number of benzene rings is 2. The van der Waals surface area contributed by atoms with Crippen molar-refractivity contribution in [1.29, 1.82) is 0 Å². The van der Waals surface area contributed by atoms with E-state index in [4.69, 9.17) is 9.47 Å². The monoisotopic (exact) mass is 369 g/mol. The summed E-state index contributed by atoms with van der Waals surface area (Å²) in [5.74, 6) is 1.90. The summed E-state index contributed by atoms with van der Waals surface area (Å²) in [5.41, 5.74) is 3.02. The lowest BCUT2D eigenvalue weighted by Gasteiger charge is -2.34. The molecule has 0 spiro atoms. The molecule has 2 aromatic carbocycles. The van der Waals surface area contributed by atoms with Gasteiger partial charge in [-0.05, 0) is 44.2 Å². The second-order valence-corrected chi connectivity index (χ2v) is 6.90. The van der Waals surface area contributed by atoms with E-state index in [0.29, 0.717) is 6.61 Å². The van der Waals surface area contributed by atoms with Gasteiger partial charge in [0.2, 0.25) is 0 Å². The molecule has 1 N–H and O–H groups in total. The summed E-state index contributed by atoms with van der Waals surface area (Å²) < 4.78 is 11.3. The fourth-order valence-electron chi connectivity index (χ4n) is 3.64. The van der Waals surface area contributed by atoms with Crippen LogP contribution >= 0.6 is 0 Å². The third kappa shape index (κ3) is 4.61. The summed E-state index contributed by atoms with van der Waals surface area (Å²) in [6.45, 7) is 9.19. The molecular weight excluding hydrogens is 340 g/mol. The van der Waals surface area contributed by atoms with E-state index in [9.17, 15) is 4.79 Å². The van der Waals surface area contributed by atoms with Crippen LogP contribution in [0.4, 0.5) is 5.69 Å². The maximum Gasteiger partial charge on any atom is 0.159 e. The van der Waals surface area contributed by atoms with E-state index in [1.807, 2.05) is 37.3 Å². The van der Waals surface area contributed by atoms with Crippen LogP contribution in [0.1, 0.15) is 29.8 Å². The summed E-state index contributed by atoms with van der Waals surface area (Å²) in [6.07, 6.45) is 0. The van der Waals surface area contributed by atoms with Gasteiger partial charge in [0.1, 0.15) is 18.0 Å². The van der Waals surface area contributed by atoms with E-state index in [1.165, 1.54) is 10.6 Å². The Hall–Kier alpha value is -2.53. The third-order valence-electron chi connectivity index (χ3n) is 5.10. The average molecular weight is 369 g/mol. The van der Waals surface area contributed by atoms with Gasteiger partial charge in [-0.15, -0.1) is 0 Å². The molecule has 0 bridgehead atoms. The number of carbonyl (C=O) groups is 1. The number of rotatable bonds is 7. The van der Waals surface area contributed by atoms with E-state index in [-0.39, 0.29) is 5.78 Å². The van der Waals surface area contributed by atoms with E-state index in [0.717, 1.165) is 55.3 Å². The number of carbonyl (C=O) groups excluding carboxylic acids is 1. The first kappa shape index (κ1) is 19.2. The van der Waals surface area contributed by atoms with Crippen LogP contribution in [0.5, 0.6) is 11.5 Å². The third-order valence-corrected chi connectivity index (χ3v) is 5.10. The average Bonchev–Trinajstić information content (AvgIpc) is 2.69. The summed E-state index contributed by atoms with van der Waals surface area (Å²) in [7, 11) is 1.68. The number of ketones is 1. The van der Waals surface area contributed by atoms with Crippen molar-refractivity contribution in [2.45, 2.75) is 20.4 Å². The van der Waals surface area contributed by atoms with E-state index in [2.05, 4.69) is 17.0 Å². The molecule has 5 nitrogen and oxygen atoms in total. The quantitative estimate of drug-likeness (QED) is 0.760. The van der Waals surface area contributed by atoms with Gasteiger partial charge in [0.15, 0.2) is 5.78 Å². The molecule has 1 fully saturated rings.